The second-order valence-electron chi connectivity index (χ2n) is 6.34. The number of aromatic nitrogens is 2. The van der Waals surface area contributed by atoms with E-state index in [4.69, 9.17) is 0 Å². The highest BCUT2D eigenvalue weighted by Crippen LogP contribution is 2.17. The van der Waals surface area contributed by atoms with E-state index >= 15 is 0 Å². The van der Waals surface area contributed by atoms with E-state index in [1.54, 1.807) is 17.9 Å². The smallest absolute Gasteiger partial charge is 0.307 e. The molecule has 1 amide bonds. The quantitative estimate of drug-likeness (QED) is 0.599. The monoisotopic (exact) mass is 361 g/mol. The van der Waals surface area contributed by atoms with Crippen LogP contribution in [0.5, 0.6) is 0 Å². The van der Waals surface area contributed by atoms with Crippen molar-refractivity contribution in [3.05, 3.63) is 58.2 Å². The molecule has 0 saturated carbocycles. The summed E-state index contributed by atoms with van der Waals surface area (Å²) in [6.45, 7) is 4.81. The zero-order valence-corrected chi connectivity index (χ0v) is 14.4. The summed E-state index contributed by atoms with van der Waals surface area (Å²) in [4.78, 5) is 26.7. The van der Waals surface area contributed by atoms with Gasteiger partial charge >= 0.3 is 5.69 Å². The average molecular weight is 361 g/mol. The Morgan fingerprint density at radius 2 is 2.08 bits per heavy atom. The summed E-state index contributed by atoms with van der Waals surface area (Å²) in [5.74, 6) is -0.369. The van der Waals surface area contributed by atoms with Crippen LogP contribution in [0.2, 0.25) is 0 Å². The second kappa shape index (κ2) is 7.61. The number of hydrogen-bond acceptors (Lipinski definition) is 5. The first kappa shape index (κ1) is 18.0. The predicted octanol–water partition coefficient (Wildman–Crippen LogP) is 1.84. The SMILES string of the molecule is CC(C(=O)N1CCN(Cc2cccc(F)c2)CC1)n1cc([N+](=O)[O-])cn1. The minimum Gasteiger partial charge on any atom is -0.338 e. The Hall–Kier alpha value is -2.81. The van der Waals surface area contributed by atoms with Crippen LogP contribution >= 0.6 is 0 Å². The molecular formula is C17H20FN5O3. The summed E-state index contributed by atoms with van der Waals surface area (Å²) in [6, 6.07) is 5.91. The summed E-state index contributed by atoms with van der Waals surface area (Å²) in [6.07, 6.45) is 2.41. The molecule has 0 spiro atoms. The van der Waals surface area contributed by atoms with Crippen molar-refractivity contribution in [3.63, 3.8) is 0 Å². The van der Waals surface area contributed by atoms with Crippen LogP contribution in [-0.4, -0.2) is 56.6 Å². The number of nitro groups is 1. The van der Waals surface area contributed by atoms with Crippen LogP contribution in [0, 0.1) is 15.9 Å². The molecule has 1 saturated heterocycles. The number of carbonyl (C=O) groups excluding carboxylic acids is 1. The van der Waals surface area contributed by atoms with Gasteiger partial charge in [0.1, 0.15) is 24.3 Å². The molecule has 138 valence electrons. The molecule has 9 heteroatoms. The Bertz CT molecular complexity index is 801. The van der Waals surface area contributed by atoms with Crippen LogP contribution in [0.4, 0.5) is 10.1 Å². The zero-order valence-electron chi connectivity index (χ0n) is 14.4. The van der Waals surface area contributed by atoms with Crippen molar-refractivity contribution in [3.8, 4) is 0 Å². The lowest BCUT2D eigenvalue weighted by atomic mass is 10.2. The Labute approximate surface area is 150 Å². The zero-order chi connectivity index (χ0) is 18.7. The van der Waals surface area contributed by atoms with Crippen molar-refractivity contribution in [1.82, 2.24) is 19.6 Å². The van der Waals surface area contributed by atoms with E-state index in [0.717, 1.165) is 11.8 Å². The number of piperazine rings is 1. The Balaban J connectivity index is 1.55. The highest BCUT2D eigenvalue weighted by atomic mass is 19.1. The highest BCUT2D eigenvalue weighted by Gasteiger charge is 2.27. The van der Waals surface area contributed by atoms with E-state index in [-0.39, 0.29) is 17.4 Å². The number of hydrogen-bond donors (Lipinski definition) is 0. The van der Waals surface area contributed by atoms with Crippen LogP contribution in [0.25, 0.3) is 0 Å². The van der Waals surface area contributed by atoms with Gasteiger partial charge in [-0.25, -0.2) is 4.39 Å². The van der Waals surface area contributed by atoms with E-state index in [2.05, 4.69) is 10.00 Å². The van der Waals surface area contributed by atoms with E-state index in [1.807, 2.05) is 6.07 Å². The van der Waals surface area contributed by atoms with Crippen molar-refractivity contribution >= 4 is 11.6 Å². The molecule has 0 aliphatic carbocycles. The molecule has 1 aromatic carbocycles. The van der Waals surface area contributed by atoms with Gasteiger partial charge in [-0.15, -0.1) is 0 Å². The molecule has 1 atom stereocenters. The summed E-state index contributed by atoms with van der Waals surface area (Å²) in [5, 5.41) is 14.7. The van der Waals surface area contributed by atoms with Gasteiger partial charge in [0, 0.05) is 32.7 Å². The molecule has 26 heavy (non-hydrogen) atoms. The molecule has 2 aromatic rings. The van der Waals surface area contributed by atoms with Crippen molar-refractivity contribution in [1.29, 1.82) is 0 Å². The first-order valence-electron chi connectivity index (χ1n) is 8.38. The number of carbonyl (C=O) groups is 1. The van der Waals surface area contributed by atoms with Gasteiger partial charge in [-0.05, 0) is 24.6 Å². The Morgan fingerprint density at radius 1 is 1.35 bits per heavy atom. The second-order valence-corrected chi connectivity index (χ2v) is 6.34. The van der Waals surface area contributed by atoms with Crippen LogP contribution in [0.15, 0.2) is 36.7 Å². The molecule has 2 heterocycles. The average Bonchev–Trinajstić information content (AvgIpc) is 3.12. The third-order valence-corrected chi connectivity index (χ3v) is 4.53. The maximum atomic E-state index is 13.3. The summed E-state index contributed by atoms with van der Waals surface area (Å²) in [7, 11) is 0. The molecule has 1 aromatic heterocycles. The highest BCUT2D eigenvalue weighted by molar-refractivity contribution is 5.80. The molecular weight excluding hydrogens is 341 g/mol. The van der Waals surface area contributed by atoms with Gasteiger partial charge in [0.15, 0.2) is 0 Å². The van der Waals surface area contributed by atoms with Crippen LogP contribution in [0.3, 0.4) is 0 Å². The molecule has 1 fully saturated rings. The number of benzene rings is 1. The van der Waals surface area contributed by atoms with Gasteiger partial charge < -0.3 is 4.90 Å². The molecule has 0 bridgehead atoms. The van der Waals surface area contributed by atoms with Crippen molar-refractivity contribution in [2.45, 2.75) is 19.5 Å². The predicted molar refractivity (Wildman–Crippen MR) is 91.8 cm³/mol. The van der Waals surface area contributed by atoms with Crippen LogP contribution < -0.4 is 0 Å². The van der Waals surface area contributed by atoms with E-state index in [9.17, 15) is 19.3 Å². The van der Waals surface area contributed by atoms with E-state index in [1.165, 1.54) is 23.0 Å². The van der Waals surface area contributed by atoms with Crippen molar-refractivity contribution < 1.29 is 14.1 Å². The first-order valence-corrected chi connectivity index (χ1v) is 8.38. The lowest BCUT2D eigenvalue weighted by molar-refractivity contribution is -0.385. The first-order chi connectivity index (χ1) is 12.4. The summed E-state index contributed by atoms with van der Waals surface area (Å²) >= 11 is 0. The third-order valence-electron chi connectivity index (χ3n) is 4.53. The van der Waals surface area contributed by atoms with Crippen molar-refractivity contribution in [2.75, 3.05) is 26.2 Å². The molecule has 0 radical (unpaired) electrons. The summed E-state index contributed by atoms with van der Waals surface area (Å²) < 4.78 is 14.6. The number of rotatable bonds is 5. The molecule has 3 rings (SSSR count). The Kier molecular flexibility index (Phi) is 5.27. The molecule has 0 N–H and O–H groups in total. The lowest BCUT2D eigenvalue weighted by Crippen LogP contribution is -2.49. The summed E-state index contributed by atoms with van der Waals surface area (Å²) in [5.41, 5.74) is 0.770. The maximum Gasteiger partial charge on any atom is 0.307 e. The van der Waals surface area contributed by atoms with E-state index < -0.39 is 11.0 Å². The number of halogens is 1. The molecule has 1 aliphatic rings. The fourth-order valence-electron chi connectivity index (χ4n) is 3.03. The van der Waals surface area contributed by atoms with Crippen molar-refractivity contribution in [2.24, 2.45) is 0 Å². The standard InChI is InChI=1S/C17H20FN5O3/c1-13(22-12-16(10-19-22)23(25)26)17(24)21-7-5-20(6-8-21)11-14-3-2-4-15(18)9-14/h2-4,9-10,12-13H,5-8,11H2,1H3. The van der Waals surface area contributed by atoms with Gasteiger partial charge in [-0.2, -0.15) is 5.10 Å². The largest absolute Gasteiger partial charge is 0.338 e. The van der Waals surface area contributed by atoms with Crippen LogP contribution in [0.1, 0.15) is 18.5 Å². The fraction of sp³-hybridized carbons (Fsp3) is 0.412. The topological polar surface area (TPSA) is 84.5 Å². The molecule has 1 aliphatic heterocycles. The minimum atomic E-state index is -0.599. The van der Waals surface area contributed by atoms with Gasteiger partial charge in [-0.1, -0.05) is 12.1 Å². The lowest BCUT2D eigenvalue weighted by Gasteiger charge is -2.36. The third kappa shape index (κ3) is 4.05. The van der Waals surface area contributed by atoms with Gasteiger partial charge in [-0.3, -0.25) is 24.5 Å². The fourth-order valence-corrected chi connectivity index (χ4v) is 3.03. The molecule has 1 unspecified atom stereocenters. The minimum absolute atomic E-state index is 0.117. The number of nitrogens with zero attached hydrogens (tertiary/aromatic N) is 5. The number of amides is 1. The van der Waals surface area contributed by atoms with E-state index in [0.29, 0.717) is 32.7 Å². The van der Waals surface area contributed by atoms with Gasteiger partial charge in [0.2, 0.25) is 5.91 Å². The van der Waals surface area contributed by atoms with Gasteiger partial charge in [0.05, 0.1) is 4.92 Å². The van der Waals surface area contributed by atoms with Gasteiger partial charge in [0.25, 0.3) is 0 Å². The maximum absolute atomic E-state index is 13.3. The Morgan fingerprint density at radius 3 is 2.69 bits per heavy atom. The molecule has 8 nitrogen and oxygen atoms in total. The normalized spacial score (nSPS) is 16.5. The van der Waals surface area contributed by atoms with Crippen LogP contribution in [-0.2, 0) is 11.3 Å².